The fraction of sp³-hybridized carbons (Fsp3) is 0.368. The van der Waals surface area contributed by atoms with Gasteiger partial charge in [0.15, 0.2) is 0 Å². The first-order chi connectivity index (χ1) is 12.2. The second-order valence-corrected chi connectivity index (χ2v) is 7.65. The van der Waals surface area contributed by atoms with Crippen LogP contribution in [0.1, 0.15) is 22.3 Å². The second-order valence-electron chi connectivity index (χ2n) is 6.40. The highest BCUT2D eigenvalue weighted by Gasteiger charge is 2.32. The van der Waals surface area contributed by atoms with Crippen molar-refractivity contribution in [2.45, 2.75) is 23.0 Å². The van der Waals surface area contributed by atoms with Crippen molar-refractivity contribution in [2.75, 3.05) is 26.2 Å². The SMILES string of the molecule is O=C(c1ccoc1)N1CCCN(C(=O)[C@@H]2Cc3ccccc3S2)CC1. The number of furan rings is 1. The number of carbonyl (C=O) groups is 2. The summed E-state index contributed by atoms with van der Waals surface area (Å²) in [6.45, 7) is 2.54. The number of carbonyl (C=O) groups excluding carboxylic acids is 2. The van der Waals surface area contributed by atoms with Crippen molar-refractivity contribution in [2.24, 2.45) is 0 Å². The summed E-state index contributed by atoms with van der Waals surface area (Å²) >= 11 is 1.67. The third-order valence-electron chi connectivity index (χ3n) is 4.79. The lowest BCUT2D eigenvalue weighted by molar-refractivity contribution is -0.130. The van der Waals surface area contributed by atoms with Gasteiger partial charge in [-0.05, 0) is 30.5 Å². The van der Waals surface area contributed by atoms with Crippen LogP contribution in [-0.2, 0) is 11.2 Å². The molecule has 0 radical (unpaired) electrons. The lowest BCUT2D eigenvalue weighted by Gasteiger charge is -2.24. The van der Waals surface area contributed by atoms with Crippen LogP contribution < -0.4 is 0 Å². The van der Waals surface area contributed by atoms with E-state index >= 15 is 0 Å². The van der Waals surface area contributed by atoms with Gasteiger partial charge in [-0.3, -0.25) is 9.59 Å². The van der Waals surface area contributed by atoms with Gasteiger partial charge in [0, 0.05) is 31.1 Å². The van der Waals surface area contributed by atoms with Gasteiger partial charge in [-0.15, -0.1) is 11.8 Å². The van der Waals surface area contributed by atoms with E-state index in [0.717, 1.165) is 12.8 Å². The molecule has 1 atom stereocenters. The summed E-state index contributed by atoms with van der Waals surface area (Å²) < 4.78 is 5.00. The van der Waals surface area contributed by atoms with E-state index in [9.17, 15) is 9.59 Å². The van der Waals surface area contributed by atoms with E-state index in [-0.39, 0.29) is 17.1 Å². The van der Waals surface area contributed by atoms with Crippen molar-refractivity contribution < 1.29 is 14.0 Å². The highest BCUT2D eigenvalue weighted by molar-refractivity contribution is 8.01. The third-order valence-corrected chi connectivity index (χ3v) is 6.09. The normalized spacial score (nSPS) is 20.2. The van der Waals surface area contributed by atoms with Crippen LogP contribution in [0.5, 0.6) is 0 Å². The van der Waals surface area contributed by atoms with Crippen LogP contribution in [0.2, 0.25) is 0 Å². The Hall–Kier alpha value is -2.21. The molecule has 0 aliphatic carbocycles. The van der Waals surface area contributed by atoms with Crippen LogP contribution >= 0.6 is 11.8 Å². The van der Waals surface area contributed by atoms with E-state index in [1.807, 2.05) is 21.9 Å². The monoisotopic (exact) mass is 356 g/mol. The Morgan fingerprint density at radius 1 is 1.04 bits per heavy atom. The van der Waals surface area contributed by atoms with Crippen molar-refractivity contribution in [3.63, 3.8) is 0 Å². The molecule has 4 rings (SSSR count). The first-order valence-electron chi connectivity index (χ1n) is 8.57. The van der Waals surface area contributed by atoms with Gasteiger partial charge >= 0.3 is 0 Å². The molecule has 6 heteroatoms. The zero-order valence-electron chi connectivity index (χ0n) is 13.9. The third kappa shape index (κ3) is 3.31. The Bertz CT molecular complexity index is 750. The number of amides is 2. The topological polar surface area (TPSA) is 53.8 Å². The van der Waals surface area contributed by atoms with Gasteiger partial charge in [0.25, 0.3) is 5.91 Å². The number of benzene rings is 1. The molecule has 25 heavy (non-hydrogen) atoms. The summed E-state index contributed by atoms with van der Waals surface area (Å²) in [5, 5.41) is -0.0338. The van der Waals surface area contributed by atoms with Gasteiger partial charge in [-0.1, -0.05) is 18.2 Å². The first-order valence-corrected chi connectivity index (χ1v) is 9.45. The maximum Gasteiger partial charge on any atom is 0.257 e. The molecule has 130 valence electrons. The Morgan fingerprint density at radius 2 is 1.84 bits per heavy atom. The van der Waals surface area contributed by atoms with E-state index in [1.165, 1.54) is 23.0 Å². The fourth-order valence-electron chi connectivity index (χ4n) is 3.43. The van der Waals surface area contributed by atoms with Gasteiger partial charge in [0.2, 0.25) is 5.91 Å². The van der Waals surface area contributed by atoms with Crippen molar-refractivity contribution in [1.29, 1.82) is 0 Å². The number of thioether (sulfide) groups is 1. The summed E-state index contributed by atoms with van der Waals surface area (Å²) in [5.74, 6) is 0.171. The van der Waals surface area contributed by atoms with E-state index in [0.29, 0.717) is 31.7 Å². The lowest BCUT2D eigenvalue weighted by Crippen LogP contribution is -2.41. The molecule has 0 N–H and O–H groups in total. The predicted molar refractivity (Wildman–Crippen MR) is 95.6 cm³/mol. The number of rotatable bonds is 2. The zero-order valence-corrected chi connectivity index (χ0v) is 14.7. The van der Waals surface area contributed by atoms with Crippen LogP contribution in [-0.4, -0.2) is 53.0 Å². The van der Waals surface area contributed by atoms with Gasteiger partial charge in [0.05, 0.1) is 17.1 Å². The molecule has 2 amide bonds. The van der Waals surface area contributed by atoms with Gasteiger partial charge in [0.1, 0.15) is 6.26 Å². The average molecular weight is 356 g/mol. The minimum Gasteiger partial charge on any atom is -0.472 e. The van der Waals surface area contributed by atoms with Crippen LogP contribution in [0, 0.1) is 0 Å². The molecule has 2 aromatic rings. The fourth-order valence-corrected chi connectivity index (χ4v) is 4.71. The highest BCUT2D eigenvalue weighted by Crippen LogP contribution is 2.37. The Kier molecular flexibility index (Phi) is 4.53. The number of hydrogen-bond donors (Lipinski definition) is 0. The maximum absolute atomic E-state index is 12.9. The van der Waals surface area contributed by atoms with Gasteiger partial charge in [-0.25, -0.2) is 0 Å². The van der Waals surface area contributed by atoms with Crippen LogP contribution in [0.25, 0.3) is 0 Å². The standard InChI is InChI=1S/C19H20N2O3S/c22-18(15-6-11-24-13-15)20-7-3-8-21(10-9-20)19(23)17-12-14-4-1-2-5-16(14)25-17/h1-2,4-6,11,13,17H,3,7-10,12H2/t17-/m0/s1. The molecule has 1 saturated heterocycles. The van der Waals surface area contributed by atoms with Crippen molar-refractivity contribution >= 4 is 23.6 Å². The van der Waals surface area contributed by atoms with E-state index in [2.05, 4.69) is 12.1 Å². The average Bonchev–Trinajstić information content (AvgIpc) is 3.25. The van der Waals surface area contributed by atoms with E-state index < -0.39 is 0 Å². The molecule has 0 unspecified atom stereocenters. The Morgan fingerprint density at radius 3 is 2.64 bits per heavy atom. The Balaban J connectivity index is 1.38. The summed E-state index contributed by atoms with van der Waals surface area (Å²) in [5.41, 5.74) is 1.83. The lowest BCUT2D eigenvalue weighted by atomic mass is 10.1. The van der Waals surface area contributed by atoms with Crippen LogP contribution in [0.15, 0.2) is 52.2 Å². The van der Waals surface area contributed by atoms with E-state index in [4.69, 9.17) is 4.42 Å². The molecular weight excluding hydrogens is 336 g/mol. The van der Waals surface area contributed by atoms with Crippen molar-refractivity contribution in [3.05, 3.63) is 54.0 Å². The summed E-state index contributed by atoms with van der Waals surface area (Å²) in [4.78, 5) is 30.3. The molecular formula is C19H20N2O3S. The first kappa shape index (κ1) is 16.3. The quantitative estimate of drug-likeness (QED) is 0.830. The second kappa shape index (κ2) is 6.96. The van der Waals surface area contributed by atoms with Gasteiger partial charge < -0.3 is 14.2 Å². The van der Waals surface area contributed by atoms with Crippen LogP contribution in [0.3, 0.4) is 0 Å². The van der Waals surface area contributed by atoms with E-state index in [1.54, 1.807) is 17.8 Å². The number of nitrogens with zero attached hydrogens (tertiary/aromatic N) is 2. The van der Waals surface area contributed by atoms with Crippen molar-refractivity contribution in [3.8, 4) is 0 Å². The molecule has 2 aliphatic heterocycles. The number of fused-ring (bicyclic) bond motifs is 1. The number of hydrogen-bond acceptors (Lipinski definition) is 4. The Labute approximate surface area is 151 Å². The molecule has 0 spiro atoms. The minimum absolute atomic E-state index is 0.0225. The van der Waals surface area contributed by atoms with Crippen LogP contribution in [0.4, 0.5) is 0 Å². The predicted octanol–water partition coefficient (Wildman–Crippen LogP) is 2.67. The summed E-state index contributed by atoms with van der Waals surface area (Å²) in [6.07, 6.45) is 4.59. The largest absolute Gasteiger partial charge is 0.472 e. The maximum atomic E-state index is 12.9. The molecule has 1 aromatic heterocycles. The molecule has 2 aliphatic rings. The summed E-state index contributed by atoms with van der Waals surface area (Å²) in [6, 6.07) is 9.91. The smallest absolute Gasteiger partial charge is 0.257 e. The summed E-state index contributed by atoms with van der Waals surface area (Å²) in [7, 11) is 0. The molecule has 0 saturated carbocycles. The molecule has 5 nitrogen and oxygen atoms in total. The zero-order chi connectivity index (χ0) is 17.2. The van der Waals surface area contributed by atoms with Crippen molar-refractivity contribution in [1.82, 2.24) is 9.80 Å². The minimum atomic E-state index is -0.0338. The van der Waals surface area contributed by atoms with Gasteiger partial charge in [-0.2, -0.15) is 0 Å². The molecule has 1 fully saturated rings. The molecule has 0 bridgehead atoms. The molecule has 3 heterocycles. The highest BCUT2D eigenvalue weighted by atomic mass is 32.2. The molecule has 1 aromatic carbocycles.